The number of hydrogen-bond acceptors (Lipinski definition) is 3. The molecule has 2 rings (SSSR count). The van der Waals surface area contributed by atoms with Crippen molar-refractivity contribution in [3.8, 4) is 5.75 Å². The number of benzene rings is 1. The molecule has 0 saturated carbocycles. The molecule has 0 fully saturated rings. The van der Waals surface area contributed by atoms with Crippen molar-refractivity contribution in [3.63, 3.8) is 0 Å². The Bertz CT molecular complexity index is 338. The van der Waals surface area contributed by atoms with Crippen LogP contribution in [0.25, 0.3) is 0 Å². The van der Waals surface area contributed by atoms with Crippen LogP contribution in [0.1, 0.15) is 18.4 Å². The van der Waals surface area contributed by atoms with Gasteiger partial charge in [-0.05, 0) is 30.9 Å². The normalized spacial score (nSPS) is 20.0. The molecule has 1 aromatic carbocycles. The molecule has 0 aromatic heterocycles. The largest absolute Gasteiger partial charge is 0.497 e. The van der Waals surface area contributed by atoms with E-state index in [1.807, 2.05) is 12.1 Å². The fourth-order valence-corrected chi connectivity index (χ4v) is 2.00. The van der Waals surface area contributed by atoms with Crippen molar-refractivity contribution in [2.24, 2.45) is 0 Å². The Hall–Kier alpha value is -1.22. The minimum Gasteiger partial charge on any atom is -0.497 e. The van der Waals surface area contributed by atoms with Gasteiger partial charge >= 0.3 is 0 Å². The lowest BCUT2D eigenvalue weighted by Crippen LogP contribution is -2.22. The van der Waals surface area contributed by atoms with Gasteiger partial charge in [0.05, 0.1) is 13.7 Å². The Balaban J connectivity index is 2.27. The molecule has 15 heavy (non-hydrogen) atoms. The van der Waals surface area contributed by atoms with Crippen molar-refractivity contribution < 1.29 is 9.84 Å². The maximum atomic E-state index is 9.17. The minimum atomic E-state index is 0.179. The lowest BCUT2D eigenvalue weighted by atomic mass is 10.1. The maximum Gasteiger partial charge on any atom is 0.120 e. The summed E-state index contributed by atoms with van der Waals surface area (Å²) in [6, 6.07) is 6.27. The van der Waals surface area contributed by atoms with Crippen LogP contribution in [-0.2, 0) is 6.42 Å². The van der Waals surface area contributed by atoms with Crippen LogP contribution >= 0.6 is 0 Å². The van der Waals surface area contributed by atoms with Crippen LogP contribution in [0.4, 0.5) is 5.69 Å². The van der Waals surface area contributed by atoms with E-state index < -0.39 is 0 Å². The molecule has 3 nitrogen and oxygen atoms in total. The lowest BCUT2D eigenvalue weighted by molar-refractivity contribution is 0.268. The highest BCUT2D eigenvalue weighted by atomic mass is 16.5. The highest BCUT2D eigenvalue weighted by Gasteiger charge is 2.15. The summed E-state index contributed by atoms with van der Waals surface area (Å²) in [6.07, 6.45) is 3.22. The zero-order chi connectivity index (χ0) is 10.7. The third-order valence-electron chi connectivity index (χ3n) is 2.90. The molecule has 0 bridgehead atoms. The minimum absolute atomic E-state index is 0.179. The predicted octanol–water partition coefficient (Wildman–Crippen LogP) is 1.80. The summed E-state index contributed by atoms with van der Waals surface area (Å²) in [5, 5.41) is 12.5. The molecular weight excluding hydrogens is 190 g/mol. The summed E-state index contributed by atoms with van der Waals surface area (Å²) in [4.78, 5) is 0. The second-order valence-corrected chi connectivity index (χ2v) is 3.94. The van der Waals surface area contributed by atoms with Crippen molar-refractivity contribution in [1.82, 2.24) is 0 Å². The number of anilines is 1. The van der Waals surface area contributed by atoms with Gasteiger partial charge in [-0.2, -0.15) is 0 Å². The third kappa shape index (κ3) is 2.23. The fraction of sp³-hybridized carbons (Fsp3) is 0.500. The highest BCUT2D eigenvalue weighted by molar-refractivity contribution is 5.56. The molecule has 1 aliphatic heterocycles. The van der Waals surface area contributed by atoms with E-state index in [-0.39, 0.29) is 12.6 Å². The molecule has 0 spiro atoms. The van der Waals surface area contributed by atoms with Gasteiger partial charge in [-0.25, -0.2) is 0 Å². The zero-order valence-electron chi connectivity index (χ0n) is 8.99. The van der Waals surface area contributed by atoms with Crippen molar-refractivity contribution in [1.29, 1.82) is 0 Å². The topological polar surface area (TPSA) is 41.5 Å². The van der Waals surface area contributed by atoms with Crippen LogP contribution in [0.3, 0.4) is 0 Å². The summed E-state index contributed by atoms with van der Waals surface area (Å²) in [7, 11) is 1.67. The quantitative estimate of drug-likeness (QED) is 0.777. The van der Waals surface area contributed by atoms with Gasteiger partial charge in [-0.3, -0.25) is 0 Å². The monoisotopic (exact) mass is 207 g/mol. The van der Waals surface area contributed by atoms with E-state index in [4.69, 9.17) is 4.74 Å². The summed E-state index contributed by atoms with van der Waals surface area (Å²) in [6.45, 7) is 0.191. The van der Waals surface area contributed by atoms with E-state index in [1.165, 1.54) is 5.56 Å². The summed E-state index contributed by atoms with van der Waals surface area (Å²) in [5.41, 5.74) is 2.41. The molecule has 1 aromatic rings. The van der Waals surface area contributed by atoms with Crippen LogP contribution in [0.5, 0.6) is 5.75 Å². The number of rotatable bonds is 2. The average molecular weight is 207 g/mol. The van der Waals surface area contributed by atoms with Crippen LogP contribution in [0.2, 0.25) is 0 Å². The molecule has 1 heterocycles. The number of aliphatic hydroxyl groups excluding tert-OH is 1. The van der Waals surface area contributed by atoms with Crippen molar-refractivity contribution >= 4 is 5.69 Å². The second kappa shape index (κ2) is 4.53. The Morgan fingerprint density at radius 3 is 3.13 bits per heavy atom. The predicted molar refractivity (Wildman–Crippen MR) is 60.4 cm³/mol. The first-order valence-electron chi connectivity index (χ1n) is 5.38. The van der Waals surface area contributed by atoms with E-state index in [9.17, 15) is 5.11 Å². The zero-order valence-corrected chi connectivity index (χ0v) is 8.99. The first-order chi connectivity index (χ1) is 7.33. The van der Waals surface area contributed by atoms with Crippen molar-refractivity contribution in [2.45, 2.75) is 25.3 Å². The van der Waals surface area contributed by atoms with E-state index in [0.717, 1.165) is 30.7 Å². The Morgan fingerprint density at radius 2 is 2.40 bits per heavy atom. The molecule has 0 amide bonds. The van der Waals surface area contributed by atoms with Gasteiger partial charge < -0.3 is 15.2 Å². The van der Waals surface area contributed by atoms with Gasteiger partial charge in [0.15, 0.2) is 0 Å². The number of aryl methyl sites for hydroxylation is 1. The number of hydrogen-bond donors (Lipinski definition) is 2. The molecule has 0 radical (unpaired) electrons. The standard InChI is InChI=1S/C12H17NO2/c1-15-11-6-5-9-3-2-4-10(8-14)13-12(9)7-11/h5-7,10,13-14H,2-4,8H2,1H3. The van der Waals surface area contributed by atoms with Crippen molar-refractivity contribution in [3.05, 3.63) is 23.8 Å². The Labute approximate surface area is 90.1 Å². The average Bonchev–Trinajstić information content (AvgIpc) is 2.49. The summed E-state index contributed by atoms with van der Waals surface area (Å²) in [5.74, 6) is 0.861. The Morgan fingerprint density at radius 1 is 1.53 bits per heavy atom. The van der Waals surface area contributed by atoms with Crippen LogP contribution in [0, 0.1) is 0 Å². The smallest absolute Gasteiger partial charge is 0.120 e. The van der Waals surface area contributed by atoms with Crippen LogP contribution in [0.15, 0.2) is 18.2 Å². The lowest BCUT2D eigenvalue weighted by Gasteiger charge is -2.15. The van der Waals surface area contributed by atoms with E-state index >= 15 is 0 Å². The second-order valence-electron chi connectivity index (χ2n) is 3.94. The number of fused-ring (bicyclic) bond motifs is 1. The van der Waals surface area contributed by atoms with E-state index in [0.29, 0.717) is 0 Å². The SMILES string of the molecule is COc1ccc2c(c1)NC(CO)CCC2. The third-order valence-corrected chi connectivity index (χ3v) is 2.90. The molecule has 2 N–H and O–H groups in total. The van der Waals surface area contributed by atoms with Gasteiger partial charge in [-0.1, -0.05) is 6.07 Å². The van der Waals surface area contributed by atoms with Crippen molar-refractivity contribution in [2.75, 3.05) is 19.0 Å². The van der Waals surface area contributed by atoms with Crippen LogP contribution in [-0.4, -0.2) is 24.9 Å². The number of nitrogens with one attached hydrogen (secondary N) is 1. The molecule has 82 valence electrons. The molecule has 0 saturated heterocycles. The first-order valence-corrected chi connectivity index (χ1v) is 5.38. The first kappa shape index (κ1) is 10.3. The Kier molecular flexibility index (Phi) is 3.11. The molecule has 1 unspecified atom stereocenters. The molecule has 1 atom stereocenters. The number of ether oxygens (including phenoxy) is 1. The number of methoxy groups -OCH3 is 1. The summed E-state index contributed by atoms with van der Waals surface area (Å²) < 4.78 is 5.19. The van der Waals surface area contributed by atoms with Gasteiger partial charge in [0.25, 0.3) is 0 Å². The number of aliphatic hydroxyl groups is 1. The maximum absolute atomic E-state index is 9.17. The molecule has 3 heteroatoms. The molecule has 1 aliphatic rings. The summed E-state index contributed by atoms with van der Waals surface area (Å²) >= 11 is 0. The molecular formula is C12H17NO2. The van der Waals surface area contributed by atoms with E-state index in [1.54, 1.807) is 7.11 Å². The van der Waals surface area contributed by atoms with Gasteiger partial charge in [0, 0.05) is 17.8 Å². The van der Waals surface area contributed by atoms with Gasteiger partial charge in [-0.15, -0.1) is 0 Å². The molecule has 0 aliphatic carbocycles. The van der Waals surface area contributed by atoms with Crippen LogP contribution < -0.4 is 10.1 Å². The van der Waals surface area contributed by atoms with Gasteiger partial charge in [0.1, 0.15) is 5.75 Å². The highest BCUT2D eigenvalue weighted by Crippen LogP contribution is 2.27. The fourth-order valence-electron chi connectivity index (χ4n) is 2.00. The van der Waals surface area contributed by atoms with Gasteiger partial charge in [0.2, 0.25) is 0 Å². The van der Waals surface area contributed by atoms with E-state index in [2.05, 4.69) is 11.4 Å².